The maximum atomic E-state index is 12.3. The lowest BCUT2D eigenvalue weighted by Crippen LogP contribution is -2.51. The Hall–Kier alpha value is -0.830. The molecule has 4 fully saturated rings. The highest BCUT2D eigenvalue weighted by Gasteiger charge is 2.50. The van der Waals surface area contributed by atoms with Gasteiger partial charge in [0.25, 0.3) is 0 Å². The van der Waals surface area contributed by atoms with Crippen molar-refractivity contribution in [3.63, 3.8) is 0 Å². The number of nitrogens with one attached hydrogen (secondary N) is 1. The first-order chi connectivity index (χ1) is 9.62. The molecule has 110 valence electrons. The predicted octanol–water partition coefficient (Wildman–Crippen LogP) is 2.22. The summed E-state index contributed by atoms with van der Waals surface area (Å²) in [5, 5.41) is 3.26. The minimum absolute atomic E-state index is 0.0129. The van der Waals surface area contributed by atoms with Gasteiger partial charge in [-0.2, -0.15) is 0 Å². The molecule has 5 rings (SSSR count). The van der Waals surface area contributed by atoms with Gasteiger partial charge in [-0.15, -0.1) is 0 Å². The first-order valence-corrected chi connectivity index (χ1v) is 8.33. The molecular weight excluding hydrogens is 248 g/mol. The molecule has 1 amide bonds. The Balaban J connectivity index is 1.37. The van der Waals surface area contributed by atoms with E-state index in [0.29, 0.717) is 5.41 Å². The quantitative estimate of drug-likeness (QED) is 0.775. The molecule has 5 aliphatic rings. The van der Waals surface area contributed by atoms with Crippen LogP contribution in [0.15, 0.2) is 12.2 Å². The number of nitrogens with two attached hydrogens (primary N) is 1. The van der Waals surface area contributed by atoms with Gasteiger partial charge in [0, 0.05) is 12.6 Å². The highest BCUT2D eigenvalue weighted by molar-refractivity contribution is 5.81. The van der Waals surface area contributed by atoms with Gasteiger partial charge in [-0.3, -0.25) is 4.79 Å². The van der Waals surface area contributed by atoms with Crippen LogP contribution in [0, 0.1) is 29.1 Å². The molecule has 0 radical (unpaired) electrons. The molecule has 2 unspecified atom stereocenters. The van der Waals surface area contributed by atoms with Crippen LogP contribution >= 0.6 is 0 Å². The third-order valence-electron chi connectivity index (χ3n) is 6.26. The lowest BCUT2D eigenvalue weighted by molar-refractivity contribution is -0.125. The average molecular weight is 274 g/mol. The van der Waals surface area contributed by atoms with Crippen LogP contribution in [0.2, 0.25) is 0 Å². The number of rotatable bonds is 3. The number of carbonyl (C=O) groups excluding carboxylic acids is 1. The molecule has 0 aliphatic heterocycles. The molecule has 0 heterocycles. The lowest BCUT2D eigenvalue weighted by atomic mass is 9.49. The van der Waals surface area contributed by atoms with E-state index in [2.05, 4.69) is 5.32 Å². The van der Waals surface area contributed by atoms with Gasteiger partial charge in [0.05, 0.1) is 5.92 Å². The summed E-state index contributed by atoms with van der Waals surface area (Å²) in [6.45, 7) is 0.912. The normalized spacial score (nSPS) is 48.8. The molecule has 4 saturated carbocycles. The van der Waals surface area contributed by atoms with E-state index in [1.54, 1.807) is 0 Å². The van der Waals surface area contributed by atoms with Gasteiger partial charge < -0.3 is 11.1 Å². The minimum Gasteiger partial charge on any atom is -0.355 e. The molecule has 5 aliphatic carbocycles. The first-order valence-electron chi connectivity index (χ1n) is 8.33. The summed E-state index contributed by atoms with van der Waals surface area (Å²) >= 11 is 0. The van der Waals surface area contributed by atoms with Gasteiger partial charge in [-0.1, -0.05) is 12.2 Å². The van der Waals surface area contributed by atoms with Gasteiger partial charge in [0.1, 0.15) is 0 Å². The Labute approximate surface area is 121 Å². The smallest absolute Gasteiger partial charge is 0.227 e. The van der Waals surface area contributed by atoms with E-state index in [1.807, 2.05) is 12.2 Å². The van der Waals surface area contributed by atoms with E-state index < -0.39 is 0 Å². The fourth-order valence-corrected chi connectivity index (χ4v) is 5.83. The molecule has 4 bridgehead atoms. The number of carbonyl (C=O) groups is 1. The van der Waals surface area contributed by atoms with Gasteiger partial charge >= 0.3 is 0 Å². The van der Waals surface area contributed by atoms with Crippen molar-refractivity contribution in [1.29, 1.82) is 0 Å². The van der Waals surface area contributed by atoms with Crippen molar-refractivity contribution in [2.45, 2.75) is 51.0 Å². The van der Waals surface area contributed by atoms with E-state index in [4.69, 9.17) is 5.73 Å². The van der Waals surface area contributed by atoms with Crippen LogP contribution < -0.4 is 11.1 Å². The standard InChI is InChI=1S/C17H26N2O/c18-15-2-1-14(6-15)16(20)19-10-17-7-11-3-12(8-17)5-13(4-11)9-17/h1-2,11-15H,3-10,18H2,(H,19,20). The van der Waals surface area contributed by atoms with Gasteiger partial charge in [-0.05, 0) is 68.1 Å². The molecule has 3 nitrogen and oxygen atoms in total. The molecule has 3 N–H and O–H groups in total. The van der Waals surface area contributed by atoms with Gasteiger partial charge in [-0.25, -0.2) is 0 Å². The highest BCUT2D eigenvalue weighted by atomic mass is 16.1. The zero-order valence-corrected chi connectivity index (χ0v) is 12.2. The van der Waals surface area contributed by atoms with Crippen molar-refractivity contribution in [3.05, 3.63) is 12.2 Å². The fourth-order valence-electron chi connectivity index (χ4n) is 5.83. The lowest BCUT2D eigenvalue weighted by Gasteiger charge is -2.57. The van der Waals surface area contributed by atoms with E-state index >= 15 is 0 Å². The summed E-state index contributed by atoms with van der Waals surface area (Å²) in [6.07, 6.45) is 13.2. The average Bonchev–Trinajstić information content (AvgIpc) is 2.81. The van der Waals surface area contributed by atoms with Gasteiger partial charge in [0.2, 0.25) is 5.91 Å². The minimum atomic E-state index is 0.0129. The van der Waals surface area contributed by atoms with Crippen molar-refractivity contribution in [3.8, 4) is 0 Å². The van der Waals surface area contributed by atoms with Gasteiger partial charge in [0.15, 0.2) is 0 Å². The Kier molecular flexibility index (Phi) is 2.95. The van der Waals surface area contributed by atoms with Crippen molar-refractivity contribution < 1.29 is 4.79 Å². The van der Waals surface area contributed by atoms with E-state index in [0.717, 1.165) is 30.7 Å². The Morgan fingerprint density at radius 3 is 2.15 bits per heavy atom. The molecule has 3 heteroatoms. The maximum absolute atomic E-state index is 12.3. The van der Waals surface area contributed by atoms with Crippen molar-refractivity contribution in [1.82, 2.24) is 5.32 Å². The summed E-state index contributed by atoms with van der Waals surface area (Å²) < 4.78 is 0. The molecule has 0 aromatic heterocycles. The summed E-state index contributed by atoms with van der Waals surface area (Å²) in [5.74, 6) is 3.08. The second-order valence-corrected chi connectivity index (χ2v) is 8.03. The van der Waals surface area contributed by atoms with Crippen LogP contribution in [0.25, 0.3) is 0 Å². The summed E-state index contributed by atoms with van der Waals surface area (Å²) in [6, 6.07) is 0.0744. The molecular formula is C17H26N2O. The molecule has 0 aromatic carbocycles. The number of hydrogen-bond acceptors (Lipinski definition) is 2. The van der Waals surface area contributed by atoms with Crippen molar-refractivity contribution in [2.24, 2.45) is 34.8 Å². The Morgan fingerprint density at radius 1 is 1.05 bits per heavy atom. The first kappa shape index (κ1) is 12.9. The molecule has 0 saturated heterocycles. The molecule has 0 aromatic rings. The maximum Gasteiger partial charge on any atom is 0.227 e. The number of hydrogen-bond donors (Lipinski definition) is 2. The van der Waals surface area contributed by atoms with Crippen molar-refractivity contribution in [2.75, 3.05) is 6.54 Å². The van der Waals surface area contributed by atoms with E-state index in [1.165, 1.54) is 38.5 Å². The van der Waals surface area contributed by atoms with Crippen LogP contribution in [0.5, 0.6) is 0 Å². The van der Waals surface area contributed by atoms with Crippen LogP contribution in [-0.2, 0) is 4.79 Å². The molecule has 20 heavy (non-hydrogen) atoms. The monoisotopic (exact) mass is 274 g/mol. The predicted molar refractivity (Wildman–Crippen MR) is 78.8 cm³/mol. The van der Waals surface area contributed by atoms with E-state index in [-0.39, 0.29) is 17.9 Å². The van der Waals surface area contributed by atoms with Crippen LogP contribution in [-0.4, -0.2) is 18.5 Å². The summed E-state index contributed by atoms with van der Waals surface area (Å²) in [5.41, 5.74) is 6.28. The fraction of sp³-hybridized carbons (Fsp3) is 0.824. The van der Waals surface area contributed by atoms with Crippen LogP contribution in [0.1, 0.15) is 44.9 Å². The van der Waals surface area contributed by atoms with Crippen LogP contribution in [0.4, 0.5) is 0 Å². The van der Waals surface area contributed by atoms with Crippen LogP contribution in [0.3, 0.4) is 0 Å². The SMILES string of the molecule is NC1C=CC(C(=O)NCC23CC4CC(CC(C4)C2)C3)C1. The summed E-state index contributed by atoms with van der Waals surface area (Å²) in [7, 11) is 0. The highest BCUT2D eigenvalue weighted by Crippen LogP contribution is 2.59. The zero-order valence-electron chi connectivity index (χ0n) is 12.2. The largest absolute Gasteiger partial charge is 0.355 e. The van der Waals surface area contributed by atoms with Crippen molar-refractivity contribution >= 4 is 5.91 Å². The zero-order chi connectivity index (χ0) is 13.7. The topological polar surface area (TPSA) is 55.1 Å². The summed E-state index contributed by atoms with van der Waals surface area (Å²) in [4.78, 5) is 12.3. The molecule has 0 spiro atoms. The third-order valence-corrected chi connectivity index (χ3v) is 6.26. The number of amides is 1. The Morgan fingerprint density at radius 2 is 1.65 bits per heavy atom. The second kappa shape index (κ2) is 4.59. The third kappa shape index (κ3) is 2.20. The molecule has 2 atom stereocenters. The Bertz CT molecular complexity index is 407. The second-order valence-electron chi connectivity index (χ2n) is 8.03. The van der Waals surface area contributed by atoms with E-state index in [9.17, 15) is 4.79 Å².